The predicted molar refractivity (Wildman–Crippen MR) is 77.3 cm³/mol. The van der Waals surface area contributed by atoms with E-state index in [0.717, 1.165) is 6.42 Å². The molecule has 112 valence electrons. The molecule has 1 saturated carbocycles. The van der Waals surface area contributed by atoms with Crippen LogP contribution in [0.4, 0.5) is 14.5 Å². The van der Waals surface area contributed by atoms with Crippen molar-refractivity contribution in [2.24, 2.45) is 11.8 Å². The highest BCUT2D eigenvalue weighted by atomic mass is 19.3. The quantitative estimate of drug-likeness (QED) is 0.828. The number of benzene rings is 1. The summed E-state index contributed by atoms with van der Waals surface area (Å²) in [5, 5.41) is 3.43. The number of hydrogen-bond acceptors (Lipinski definition) is 2. The molecule has 0 aromatic heterocycles. The molecule has 20 heavy (non-hydrogen) atoms. The van der Waals surface area contributed by atoms with Gasteiger partial charge in [0.25, 0.3) is 0 Å². The van der Waals surface area contributed by atoms with E-state index in [1.54, 1.807) is 12.1 Å². The molecule has 1 aliphatic carbocycles. The second-order valence-electron chi connectivity index (χ2n) is 5.82. The van der Waals surface area contributed by atoms with Crippen molar-refractivity contribution in [3.8, 4) is 5.75 Å². The Hall–Kier alpha value is -1.32. The van der Waals surface area contributed by atoms with Crippen molar-refractivity contribution in [1.82, 2.24) is 0 Å². The van der Waals surface area contributed by atoms with Gasteiger partial charge in [-0.2, -0.15) is 8.78 Å². The number of nitrogens with one attached hydrogen (secondary N) is 1. The van der Waals surface area contributed by atoms with Crippen LogP contribution in [0.1, 0.15) is 39.5 Å². The molecule has 1 N–H and O–H groups in total. The molecule has 2 atom stereocenters. The van der Waals surface area contributed by atoms with Gasteiger partial charge < -0.3 is 10.1 Å². The predicted octanol–water partition coefficient (Wildman–Crippen LogP) is 4.91. The summed E-state index contributed by atoms with van der Waals surface area (Å²) in [6.07, 6.45) is 4.74. The second-order valence-corrected chi connectivity index (χ2v) is 5.82. The molecule has 4 heteroatoms. The Morgan fingerprint density at radius 2 is 1.85 bits per heavy atom. The van der Waals surface area contributed by atoms with Gasteiger partial charge in [-0.1, -0.05) is 38.8 Å². The first-order chi connectivity index (χ1) is 9.58. The Labute approximate surface area is 119 Å². The molecule has 0 heterocycles. The van der Waals surface area contributed by atoms with Gasteiger partial charge in [-0.25, -0.2) is 0 Å². The second kappa shape index (κ2) is 6.91. The highest BCUT2D eigenvalue weighted by molar-refractivity contribution is 5.56. The van der Waals surface area contributed by atoms with Crippen LogP contribution in [0, 0.1) is 11.8 Å². The van der Waals surface area contributed by atoms with E-state index in [4.69, 9.17) is 0 Å². The number of rotatable bonds is 5. The average Bonchev–Trinajstić information content (AvgIpc) is 2.41. The molecule has 1 aromatic rings. The van der Waals surface area contributed by atoms with E-state index in [9.17, 15) is 8.78 Å². The molecule has 2 unspecified atom stereocenters. The number of halogens is 2. The van der Waals surface area contributed by atoms with Crippen LogP contribution in [0.2, 0.25) is 0 Å². The van der Waals surface area contributed by atoms with Crippen molar-refractivity contribution in [3.05, 3.63) is 24.3 Å². The van der Waals surface area contributed by atoms with Crippen LogP contribution in [0.25, 0.3) is 0 Å². The van der Waals surface area contributed by atoms with Crippen LogP contribution in [-0.4, -0.2) is 12.7 Å². The maximum Gasteiger partial charge on any atom is 0.387 e. The molecule has 1 aliphatic rings. The zero-order valence-electron chi connectivity index (χ0n) is 12.1. The molecular weight excluding hydrogens is 260 g/mol. The minimum Gasteiger partial charge on any atom is -0.433 e. The third-order valence-corrected chi connectivity index (χ3v) is 4.12. The monoisotopic (exact) mass is 283 g/mol. The maximum absolute atomic E-state index is 12.4. The van der Waals surface area contributed by atoms with Crippen molar-refractivity contribution < 1.29 is 13.5 Å². The van der Waals surface area contributed by atoms with Gasteiger partial charge >= 0.3 is 6.61 Å². The lowest BCUT2D eigenvalue weighted by Crippen LogP contribution is -2.35. The highest BCUT2D eigenvalue weighted by Gasteiger charge is 2.28. The minimum atomic E-state index is -2.79. The topological polar surface area (TPSA) is 21.3 Å². The van der Waals surface area contributed by atoms with Gasteiger partial charge in [-0.05, 0) is 36.8 Å². The fourth-order valence-corrected chi connectivity index (χ4v) is 3.12. The Morgan fingerprint density at radius 1 is 1.15 bits per heavy atom. The molecular formula is C16H23F2NO. The van der Waals surface area contributed by atoms with Crippen LogP contribution in [0.15, 0.2) is 24.3 Å². The third kappa shape index (κ3) is 3.84. The van der Waals surface area contributed by atoms with Gasteiger partial charge in [0.1, 0.15) is 5.75 Å². The first-order valence-corrected chi connectivity index (χ1v) is 7.38. The van der Waals surface area contributed by atoms with Crippen molar-refractivity contribution in [2.45, 2.75) is 52.2 Å². The van der Waals surface area contributed by atoms with E-state index in [2.05, 4.69) is 23.9 Å². The van der Waals surface area contributed by atoms with Crippen LogP contribution < -0.4 is 10.1 Å². The maximum atomic E-state index is 12.4. The average molecular weight is 283 g/mol. The van der Waals surface area contributed by atoms with E-state index in [0.29, 0.717) is 23.6 Å². The van der Waals surface area contributed by atoms with Crippen molar-refractivity contribution in [2.75, 3.05) is 5.32 Å². The van der Waals surface area contributed by atoms with Gasteiger partial charge in [0.15, 0.2) is 0 Å². The molecule has 0 amide bonds. The molecule has 0 bridgehead atoms. The smallest absolute Gasteiger partial charge is 0.387 e. The van der Waals surface area contributed by atoms with Crippen LogP contribution in [0.5, 0.6) is 5.75 Å². The number of para-hydroxylation sites is 2. The summed E-state index contributed by atoms with van der Waals surface area (Å²) in [5.41, 5.74) is 0.672. The molecule has 2 rings (SSSR count). The fraction of sp³-hybridized carbons (Fsp3) is 0.625. The summed E-state index contributed by atoms with van der Waals surface area (Å²) in [4.78, 5) is 0. The SMILES string of the molecule is CC(C)C1CCCCC1Nc1ccccc1OC(F)F. The summed E-state index contributed by atoms with van der Waals surface area (Å²) >= 11 is 0. The van der Waals surface area contributed by atoms with E-state index >= 15 is 0 Å². The number of ether oxygens (including phenoxy) is 1. The van der Waals surface area contributed by atoms with Crippen molar-refractivity contribution >= 4 is 5.69 Å². The molecule has 0 spiro atoms. The van der Waals surface area contributed by atoms with E-state index < -0.39 is 6.61 Å². The summed E-state index contributed by atoms with van der Waals surface area (Å²) in [6, 6.07) is 7.29. The first kappa shape index (κ1) is 15.1. The Morgan fingerprint density at radius 3 is 2.55 bits per heavy atom. The lowest BCUT2D eigenvalue weighted by Gasteiger charge is -2.35. The van der Waals surface area contributed by atoms with Crippen LogP contribution >= 0.6 is 0 Å². The normalized spacial score (nSPS) is 23.1. The zero-order chi connectivity index (χ0) is 14.5. The van der Waals surface area contributed by atoms with E-state index in [1.807, 2.05) is 12.1 Å². The molecule has 2 nitrogen and oxygen atoms in total. The molecule has 1 fully saturated rings. The summed E-state index contributed by atoms with van der Waals surface area (Å²) < 4.78 is 29.5. The number of alkyl halides is 2. The van der Waals surface area contributed by atoms with Crippen LogP contribution in [0.3, 0.4) is 0 Å². The molecule has 0 radical (unpaired) electrons. The van der Waals surface area contributed by atoms with Crippen LogP contribution in [-0.2, 0) is 0 Å². The Balaban J connectivity index is 2.11. The largest absolute Gasteiger partial charge is 0.433 e. The fourth-order valence-electron chi connectivity index (χ4n) is 3.12. The molecule has 0 aliphatic heterocycles. The highest BCUT2D eigenvalue weighted by Crippen LogP contribution is 2.34. The number of hydrogen-bond donors (Lipinski definition) is 1. The molecule has 0 saturated heterocycles. The summed E-state index contributed by atoms with van der Waals surface area (Å²) in [7, 11) is 0. The van der Waals surface area contributed by atoms with Gasteiger partial charge in [0, 0.05) is 6.04 Å². The minimum absolute atomic E-state index is 0.232. The van der Waals surface area contributed by atoms with Gasteiger partial charge in [-0.15, -0.1) is 0 Å². The Kier molecular flexibility index (Phi) is 5.21. The number of anilines is 1. The summed E-state index contributed by atoms with van der Waals surface area (Å²) in [5.74, 6) is 1.41. The Bertz CT molecular complexity index is 423. The van der Waals surface area contributed by atoms with E-state index in [-0.39, 0.29) is 5.75 Å². The van der Waals surface area contributed by atoms with Crippen molar-refractivity contribution in [3.63, 3.8) is 0 Å². The van der Waals surface area contributed by atoms with Gasteiger partial charge in [-0.3, -0.25) is 0 Å². The van der Waals surface area contributed by atoms with E-state index in [1.165, 1.54) is 19.3 Å². The van der Waals surface area contributed by atoms with Gasteiger partial charge in [0.05, 0.1) is 5.69 Å². The molecule has 1 aromatic carbocycles. The lowest BCUT2D eigenvalue weighted by molar-refractivity contribution is -0.0494. The zero-order valence-corrected chi connectivity index (χ0v) is 12.1. The van der Waals surface area contributed by atoms with Crippen molar-refractivity contribution in [1.29, 1.82) is 0 Å². The third-order valence-electron chi connectivity index (χ3n) is 4.12. The van der Waals surface area contributed by atoms with Gasteiger partial charge in [0.2, 0.25) is 0 Å². The lowest BCUT2D eigenvalue weighted by atomic mass is 9.78. The first-order valence-electron chi connectivity index (χ1n) is 7.38. The standard InChI is InChI=1S/C16H23F2NO/c1-11(2)12-7-3-4-8-13(12)19-14-9-5-6-10-15(14)20-16(17)18/h5-6,9-13,16,19H,3-4,7-8H2,1-2H3. The summed E-state index contributed by atoms with van der Waals surface area (Å²) in [6.45, 7) is 1.67.